The number of hydrogen-bond acceptors (Lipinski definition) is 3. The van der Waals surface area contributed by atoms with Gasteiger partial charge in [-0.3, -0.25) is 4.79 Å². The molecule has 1 aromatic carbocycles. The van der Waals surface area contributed by atoms with Crippen molar-refractivity contribution in [2.45, 2.75) is 46.7 Å². The van der Waals surface area contributed by atoms with E-state index >= 15 is 0 Å². The van der Waals surface area contributed by atoms with Crippen LogP contribution in [0, 0.1) is 13.8 Å². The predicted molar refractivity (Wildman–Crippen MR) is 97.6 cm³/mol. The minimum Gasteiger partial charge on any atom is -0.452 e. The first kappa shape index (κ1) is 18.8. The Bertz CT molecular complexity index is 755. The lowest BCUT2D eigenvalue weighted by Gasteiger charge is -2.20. The highest BCUT2D eigenvalue weighted by atomic mass is 16.5. The second-order valence-electron chi connectivity index (χ2n) is 7.23. The van der Waals surface area contributed by atoms with Crippen molar-refractivity contribution in [2.75, 3.05) is 6.61 Å². The highest BCUT2D eigenvalue weighted by Gasteiger charge is 2.19. The molecule has 1 aromatic heterocycles. The fourth-order valence-electron chi connectivity index (χ4n) is 2.68. The summed E-state index contributed by atoms with van der Waals surface area (Å²) in [6, 6.07) is 11.9. The normalized spacial score (nSPS) is 11.2. The van der Waals surface area contributed by atoms with Gasteiger partial charge < -0.3 is 14.6 Å². The van der Waals surface area contributed by atoms with Gasteiger partial charge in [0.15, 0.2) is 6.61 Å². The molecule has 0 atom stereocenters. The first-order valence-electron chi connectivity index (χ1n) is 8.36. The lowest BCUT2D eigenvalue weighted by molar-refractivity contribution is -0.125. The molecule has 0 aliphatic rings. The van der Waals surface area contributed by atoms with Crippen LogP contribution in [0.25, 0.3) is 0 Å². The standard InChI is InChI=1S/C20H26N2O3/c1-14-11-17(19(24)25-13-18(23)21-20(3,4)5)15(2)22(14)12-16-9-7-6-8-10-16/h6-11H,12-13H2,1-5H3,(H,21,23). The molecule has 5 heteroatoms. The van der Waals surface area contributed by atoms with Gasteiger partial charge in [-0.15, -0.1) is 0 Å². The molecule has 25 heavy (non-hydrogen) atoms. The van der Waals surface area contributed by atoms with E-state index < -0.39 is 5.97 Å². The zero-order valence-corrected chi connectivity index (χ0v) is 15.6. The van der Waals surface area contributed by atoms with Gasteiger partial charge in [0.05, 0.1) is 5.56 Å². The smallest absolute Gasteiger partial charge is 0.340 e. The summed E-state index contributed by atoms with van der Waals surface area (Å²) in [4.78, 5) is 24.1. The van der Waals surface area contributed by atoms with E-state index in [2.05, 4.69) is 9.88 Å². The van der Waals surface area contributed by atoms with Crippen LogP contribution < -0.4 is 5.32 Å². The molecule has 5 nitrogen and oxygen atoms in total. The molecule has 1 heterocycles. The van der Waals surface area contributed by atoms with Crippen LogP contribution in [0.3, 0.4) is 0 Å². The second-order valence-corrected chi connectivity index (χ2v) is 7.23. The molecule has 1 amide bonds. The molecular weight excluding hydrogens is 316 g/mol. The van der Waals surface area contributed by atoms with Crippen LogP contribution >= 0.6 is 0 Å². The minimum atomic E-state index is -0.475. The second kappa shape index (κ2) is 7.55. The Morgan fingerprint density at radius 3 is 2.36 bits per heavy atom. The number of aromatic nitrogens is 1. The summed E-state index contributed by atoms with van der Waals surface area (Å²) in [5, 5.41) is 2.77. The summed E-state index contributed by atoms with van der Waals surface area (Å²) in [6.45, 7) is 9.90. The van der Waals surface area contributed by atoms with Crippen LogP contribution in [-0.2, 0) is 16.1 Å². The van der Waals surface area contributed by atoms with E-state index in [4.69, 9.17) is 4.74 Å². The number of nitrogens with one attached hydrogen (secondary N) is 1. The van der Waals surface area contributed by atoms with Crippen molar-refractivity contribution in [1.29, 1.82) is 0 Å². The molecule has 0 unspecified atom stereocenters. The van der Waals surface area contributed by atoms with Gasteiger partial charge in [0.2, 0.25) is 0 Å². The van der Waals surface area contributed by atoms with Crippen molar-refractivity contribution in [3.8, 4) is 0 Å². The molecule has 1 N–H and O–H groups in total. The lowest BCUT2D eigenvalue weighted by Crippen LogP contribution is -2.42. The van der Waals surface area contributed by atoms with Crippen LogP contribution in [0.4, 0.5) is 0 Å². The molecule has 0 spiro atoms. The van der Waals surface area contributed by atoms with Crippen molar-refractivity contribution in [1.82, 2.24) is 9.88 Å². The minimum absolute atomic E-state index is 0.279. The average molecular weight is 342 g/mol. The Morgan fingerprint density at radius 1 is 1.12 bits per heavy atom. The monoisotopic (exact) mass is 342 g/mol. The van der Waals surface area contributed by atoms with Crippen LogP contribution in [0.5, 0.6) is 0 Å². The number of carbonyl (C=O) groups excluding carboxylic acids is 2. The van der Waals surface area contributed by atoms with Gasteiger partial charge in [0.1, 0.15) is 0 Å². The number of ether oxygens (including phenoxy) is 1. The fourth-order valence-corrected chi connectivity index (χ4v) is 2.68. The van der Waals surface area contributed by atoms with Crippen LogP contribution in [-0.4, -0.2) is 28.6 Å². The molecule has 0 saturated carbocycles. The summed E-state index contributed by atoms with van der Waals surface area (Å²) in [5.74, 6) is -0.782. The van der Waals surface area contributed by atoms with E-state index in [-0.39, 0.29) is 18.1 Å². The molecule has 2 rings (SSSR count). The van der Waals surface area contributed by atoms with Gasteiger partial charge in [-0.1, -0.05) is 30.3 Å². The van der Waals surface area contributed by atoms with E-state index in [0.29, 0.717) is 12.1 Å². The molecular formula is C20H26N2O3. The third-order valence-corrected chi connectivity index (χ3v) is 3.83. The number of hydrogen-bond donors (Lipinski definition) is 1. The number of amides is 1. The maximum Gasteiger partial charge on any atom is 0.340 e. The van der Waals surface area contributed by atoms with Gasteiger partial charge in [-0.25, -0.2) is 4.79 Å². The Balaban J connectivity index is 2.06. The lowest BCUT2D eigenvalue weighted by atomic mass is 10.1. The van der Waals surface area contributed by atoms with Crippen LogP contribution in [0.1, 0.15) is 48.1 Å². The first-order chi connectivity index (χ1) is 11.7. The Hall–Kier alpha value is -2.56. The summed E-state index contributed by atoms with van der Waals surface area (Å²) in [7, 11) is 0. The average Bonchev–Trinajstić information content (AvgIpc) is 2.80. The maximum atomic E-state index is 12.3. The number of nitrogens with zero attached hydrogens (tertiary/aromatic N) is 1. The molecule has 0 radical (unpaired) electrons. The van der Waals surface area contributed by atoms with Gasteiger partial charge in [0, 0.05) is 23.5 Å². The van der Waals surface area contributed by atoms with Crippen molar-refractivity contribution in [3.05, 3.63) is 58.9 Å². The van der Waals surface area contributed by atoms with E-state index in [1.165, 1.54) is 0 Å². The summed E-state index contributed by atoms with van der Waals surface area (Å²) in [6.07, 6.45) is 0. The third kappa shape index (κ3) is 5.21. The molecule has 0 aliphatic heterocycles. The summed E-state index contributed by atoms with van der Waals surface area (Å²) < 4.78 is 7.24. The Labute approximate surface area is 149 Å². The fraction of sp³-hybridized carbons (Fsp3) is 0.400. The quantitative estimate of drug-likeness (QED) is 0.849. The summed E-state index contributed by atoms with van der Waals surface area (Å²) in [5.41, 5.74) is 3.12. The van der Waals surface area contributed by atoms with Gasteiger partial charge in [-0.2, -0.15) is 0 Å². The van der Waals surface area contributed by atoms with Gasteiger partial charge >= 0.3 is 5.97 Å². The molecule has 2 aromatic rings. The van der Waals surface area contributed by atoms with Crippen molar-refractivity contribution in [2.24, 2.45) is 0 Å². The predicted octanol–water partition coefficient (Wildman–Crippen LogP) is 3.22. The largest absolute Gasteiger partial charge is 0.452 e. The topological polar surface area (TPSA) is 60.3 Å². The van der Waals surface area contributed by atoms with E-state index in [9.17, 15) is 9.59 Å². The Morgan fingerprint density at radius 2 is 1.76 bits per heavy atom. The zero-order chi connectivity index (χ0) is 18.6. The summed E-state index contributed by atoms with van der Waals surface area (Å²) >= 11 is 0. The van der Waals surface area contributed by atoms with E-state index in [1.807, 2.05) is 71.0 Å². The van der Waals surface area contributed by atoms with E-state index in [0.717, 1.165) is 17.0 Å². The number of benzene rings is 1. The first-order valence-corrected chi connectivity index (χ1v) is 8.36. The van der Waals surface area contributed by atoms with E-state index in [1.54, 1.807) is 0 Å². The molecule has 134 valence electrons. The molecule has 0 aliphatic carbocycles. The van der Waals surface area contributed by atoms with Crippen molar-refractivity contribution in [3.63, 3.8) is 0 Å². The van der Waals surface area contributed by atoms with Crippen molar-refractivity contribution >= 4 is 11.9 Å². The molecule has 0 fully saturated rings. The number of rotatable bonds is 5. The molecule has 0 bridgehead atoms. The SMILES string of the molecule is Cc1cc(C(=O)OCC(=O)NC(C)(C)C)c(C)n1Cc1ccccc1. The number of esters is 1. The number of carbonyl (C=O) groups is 2. The molecule has 0 saturated heterocycles. The third-order valence-electron chi connectivity index (χ3n) is 3.83. The highest BCUT2D eigenvalue weighted by Crippen LogP contribution is 2.18. The van der Waals surface area contributed by atoms with Crippen LogP contribution in [0.2, 0.25) is 0 Å². The maximum absolute atomic E-state index is 12.3. The highest BCUT2D eigenvalue weighted by molar-refractivity contribution is 5.92. The zero-order valence-electron chi connectivity index (χ0n) is 15.6. The van der Waals surface area contributed by atoms with Gasteiger partial charge in [0.25, 0.3) is 5.91 Å². The van der Waals surface area contributed by atoms with Gasteiger partial charge in [-0.05, 0) is 46.2 Å². The van der Waals surface area contributed by atoms with Crippen molar-refractivity contribution < 1.29 is 14.3 Å². The number of aryl methyl sites for hydroxylation is 1. The van der Waals surface area contributed by atoms with Crippen LogP contribution in [0.15, 0.2) is 36.4 Å². The Kier molecular flexibility index (Phi) is 5.67.